The average molecular weight is 358 g/mol. The van der Waals surface area contributed by atoms with Gasteiger partial charge in [-0.3, -0.25) is 0 Å². The zero-order chi connectivity index (χ0) is 18.5. The zero-order valence-corrected chi connectivity index (χ0v) is 15.7. The molecule has 0 bridgehead atoms. The van der Waals surface area contributed by atoms with E-state index in [4.69, 9.17) is 4.99 Å². The molecule has 140 valence electrons. The number of aromatic nitrogens is 3. The van der Waals surface area contributed by atoms with Crippen LogP contribution in [0.2, 0.25) is 0 Å². The van der Waals surface area contributed by atoms with Crippen molar-refractivity contribution < 1.29 is 4.39 Å². The van der Waals surface area contributed by atoms with Gasteiger partial charge in [0, 0.05) is 13.1 Å². The quantitative estimate of drug-likeness (QED) is 0.637. The van der Waals surface area contributed by atoms with Gasteiger partial charge in [0.05, 0.1) is 13.1 Å². The smallest absolute Gasteiger partial charge is 0.192 e. The summed E-state index contributed by atoms with van der Waals surface area (Å²) in [4.78, 5) is 4.69. The molecular weight excluding hydrogens is 331 g/mol. The van der Waals surface area contributed by atoms with E-state index in [1.54, 1.807) is 13.0 Å². The van der Waals surface area contributed by atoms with Crippen LogP contribution in [-0.2, 0) is 20.1 Å². The maximum Gasteiger partial charge on any atom is 0.192 e. The molecule has 6 nitrogen and oxygen atoms in total. The van der Waals surface area contributed by atoms with Gasteiger partial charge >= 0.3 is 0 Å². The highest BCUT2D eigenvalue weighted by Crippen LogP contribution is 2.17. The summed E-state index contributed by atoms with van der Waals surface area (Å²) in [7, 11) is 1.95. The predicted molar refractivity (Wildman–Crippen MR) is 100 cm³/mol. The lowest BCUT2D eigenvalue weighted by Gasteiger charge is -2.17. The lowest BCUT2D eigenvalue weighted by Crippen LogP contribution is -2.42. The van der Waals surface area contributed by atoms with Crippen LogP contribution in [0.15, 0.2) is 23.2 Å². The van der Waals surface area contributed by atoms with E-state index in [-0.39, 0.29) is 5.82 Å². The van der Waals surface area contributed by atoms with E-state index in [1.807, 2.05) is 24.6 Å². The fourth-order valence-electron chi connectivity index (χ4n) is 3.16. The van der Waals surface area contributed by atoms with Gasteiger partial charge in [-0.25, -0.2) is 9.38 Å². The molecule has 1 aromatic carbocycles. The molecule has 0 amide bonds. The van der Waals surface area contributed by atoms with Crippen molar-refractivity contribution in [3.05, 3.63) is 46.8 Å². The fourth-order valence-corrected chi connectivity index (χ4v) is 3.16. The monoisotopic (exact) mass is 358 g/mol. The van der Waals surface area contributed by atoms with Gasteiger partial charge in [-0.05, 0) is 43.9 Å². The summed E-state index contributed by atoms with van der Waals surface area (Å²) in [5, 5.41) is 15.1. The molecule has 1 aromatic heterocycles. The molecule has 26 heavy (non-hydrogen) atoms. The van der Waals surface area contributed by atoms with Crippen LogP contribution in [0.4, 0.5) is 4.39 Å². The molecule has 2 N–H and O–H groups in total. The first-order valence-electron chi connectivity index (χ1n) is 9.17. The van der Waals surface area contributed by atoms with Crippen molar-refractivity contribution in [3.63, 3.8) is 0 Å². The van der Waals surface area contributed by atoms with Gasteiger partial charge in [-0.2, -0.15) is 0 Å². The number of nitrogens with zero attached hydrogens (tertiary/aromatic N) is 4. The Kier molecular flexibility index (Phi) is 5.85. The van der Waals surface area contributed by atoms with Gasteiger partial charge in [0.15, 0.2) is 11.8 Å². The van der Waals surface area contributed by atoms with Gasteiger partial charge < -0.3 is 15.2 Å². The molecule has 1 fully saturated rings. The number of hydrogen-bond acceptors (Lipinski definition) is 3. The molecule has 0 unspecified atom stereocenters. The molecular formula is C19H27FN6. The maximum atomic E-state index is 13.4. The number of hydrogen-bond donors (Lipinski definition) is 2. The Hall–Kier alpha value is -2.44. The summed E-state index contributed by atoms with van der Waals surface area (Å²) in [5.41, 5.74) is 1.64. The lowest BCUT2D eigenvalue weighted by molar-refractivity contribution is 0.606. The van der Waals surface area contributed by atoms with Crippen molar-refractivity contribution in [2.24, 2.45) is 12.0 Å². The number of aryl methyl sites for hydroxylation is 2. The van der Waals surface area contributed by atoms with Crippen molar-refractivity contribution >= 4 is 5.96 Å². The van der Waals surface area contributed by atoms with Crippen LogP contribution in [0.25, 0.3) is 0 Å². The molecule has 0 atom stereocenters. The number of guanidine groups is 1. The minimum Gasteiger partial charge on any atom is -0.354 e. The van der Waals surface area contributed by atoms with Crippen LogP contribution in [0.1, 0.15) is 48.5 Å². The molecule has 1 saturated carbocycles. The summed E-state index contributed by atoms with van der Waals surface area (Å²) in [6.45, 7) is 4.76. The van der Waals surface area contributed by atoms with E-state index in [2.05, 4.69) is 20.8 Å². The Balaban J connectivity index is 1.68. The van der Waals surface area contributed by atoms with Gasteiger partial charge in [0.2, 0.25) is 0 Å². The normalized spacial score (nSPS) is 15.5. The third-order valence-electron chi connectivity index (χ3n) is 4.93. The van der Waals surface area contributed by atoms with Gasteiger partial charge in [-0.15, -0.1) is 10.2 Å². The highest BCUT2D eigenvalue weighted by atomic mass is 19.1. The number of rotatable bonds is 5. The van der Waals surface area contributed by atoms with E-state index >= 15 is 0 Å². The van der Waals surface area contributed by atoms with E-state index in [0.29, 0.717) is 24.7 Å². The molecule has 0 saturated heterocycles. The second-order valence-corrected chi connectivity index (χ2v) is 6.95. The highest BCUT2D eigenvalue weighted by molar-refractivity contribution is 5.80. The second kappa shape index (κ2) is 8.29. The van der Waals surface area contributed by atoms with Crippen molar-refractivity contribution in [1.29, 1.82) is 0 Å². The third kappa shape index (κ3) is 4.59. The van der Waals surface area contributed by atoms with Crippen LogP contribution in [0.5, 0.6) is 0 Å². The van der Waals surface area contributed by atoms with Gasteiger partial charge in [-0.1, -0.05) is 25.0 Å². The van der Waals surface area contributed by atoms with Crippen molar-refractivity contribution in [2.45, 2.75) is 58.7 Å². The molecule has 3 rings (SSSR count). The van der Waals surface area contributed by atoms with Crippen LogP contribution in [0, 0.1) is 19.7 Å². The summed E-state index contributed by atoms with van der Waals surface area (Å²) in [6, 6.07) is 5.58. The van der Waals surface area contributed by atoms with Crippen molar-refractivity contribution in [2.75, 3.05) is 0 Å². The first-order chi connectivity index (χ1) is 12.5. The second-order valence-electron chi connectivity index (χ2n) is 6.95. The maximum absolute atomic E-state index is 13.4. The summed E-state index contributed by atoms with van der Waals surface area (Å²) >= 11 is 0. The molecule has 7 heteroatoms. The van der Waals surface area contributed by atoms with E-state index < -0.39 is 0 Å². The summed E-state index contributed by atoms with van der Waals surface area (Å²) < 4.78 is 15.4. The molecule has 0 aliphatic heterocycles. The summed E-state index contributed by atoms with van der Waals surface area (Å²) in [6.07, 6.45) is 4.84. The number of aliphatic imine (C=N–C) groups is 1. The summed E-state index contributed by atoms with van der Waals surface area (Å²) in [5.74, 6) is 2.32. The zero-order valence-electron chi connectivity index (χ0n) is 15.7. The molecule has 1 heterocycles. The molecule has 0 radical (unpaired) electrons. The first kappa shape index (κ1) is 18.4. The van der Waals surface area contributed by atoms with Gasteiger partial charge in [0.25, 0.3) is 0 Å². The number of halogens is 1. The van der Waals surface area contributed by atoms with Gasteiger partial charge in [0.1, 0.15) is 11.6 Å². The highest BCUT2D eigenvalue weighted by Gasteiger charge is 2.16. The molecule has 0 spiro atoms. The Morgan fingerprint density at radius 3 is 2.69 bits per heavy atom. The first-order valence-corrected chi connectivity index (χ1v) is 9.17. The SMILES string of the molecule is Cc1cc(CN=C(NCc2nnc(C)n2C)NC2CCCC2)ccc1F. The van der Waals surface area contributed by atoms with Crippen molar-refractivity contribution in [3.8, 4) is 0 Å². The Bertz CT molecular complexity index is 776. The Morgan fingerprint density at radius 1 is 1.27 bits per heavy atom. The number of benzene rings is 1. The topological polar surface area (TPSA) is 67.1 Å². The largest absolute Gasteiger partial charge is 0.354 e. The van der Waals surface area contributed by atoms with Crippen LogP contribution < -0.4 is 10.6 Å². The lowest BCUT2D eigenvalue weighted by atomic mass is 10.1. The average Bonchev–Trinajstić information content (AvgIpc) is 3.24. The van der Waals surface area contributed by atoms with Crippen LogP contribution in [0.3, 0.4) is 0 Å². The molecule has 1 aliphatic rings. The van der Waals surface area contributed by atoms with Crippen LogP contribution >= 0.6 is 0 Å². The minimum atomic E-state index is -0.183. The van der Waals surface area contributed by atoms with Crippen LogP contribution in [-0.4, -0.2) is 26.8 Å². The fraction of sp³-hybridized carbons (Fsp3) is 0.526. The molecule has 2 aromatic rings. The van der Waals surface area contributed by atoms with Crippen molar-refractivity contribution in [1.82, 2.24) is 25.4 Å². The number of nitrogens with one attached hydrogen (secondary N) is 2. The van der Waals surface area contributed by atoms with E-state index in [1.165, 1.54) is 31.7 Å². The third-order valence-corrected chi connectivity index (χ3v) is 4.93. The standard InChI is InChI=1S/C19H27FN6/c1-13-10-15(8-9-17(13)20)11-21-19(23-16-6-4-5-7-16)22-12-18-25-24-14(2)26(18)3/h8-10,16H,4-7,11-12H2,1-3H3,(H2,21,22,23). The predicted octanol–water partition coefficient (Wildman–Crippen LogP) is 2.75. The Labute approximate surface area is 153 Å². The Morgan fingerprint density at radius 2 is 2.04 bits per heavy atom. The molecule has 1 aliphatic carbocycles. The minimum absolute atomic E-state index is 0.183. The van der Waals surface area contributed by atoms with E-state index in [0.717, 1.165) is 23.2 Å². The van der Waals surface area contributed by atoms with E-state index in [9.17, 15) is 4.39 Å².